The average molecular weight is 324 g/mol. The molecule has 0 saturated heterocycles. The fourth-order valence-electron chi connectivity index (χ4n) is 2.44. The monoisotopic (exact) mass is 324 g/mol. The molecule has 0 bridgehead atoms. The van der Waals surface area contributed by atoms with Crippen LogP contribution in [0.4, 0.5) is 4.39 Å². The van der Waals surface area contributed by atoms with Gasteiger partial charge in [-0.1, -0.05) is 25.1 Å². The van der Waals surface area contributed by atoms with Crippen molar-refractivity contribution < 1.29 is 9.18 Å². The highest BCUT2D eigenvalue weighted by atomic mass is 19.1. The first-order valence-corrected chi connectivity index (χ1v) is 7.70. The third-order valence-electron chi connectivity index (χ3n) is 3.74. The van der Waals surface area contributed by atoms with Crippen LogP contribution in [0.1, 0.15) is 35.4 Å². The van der Waals surface area contributed by atoms with Crippen LogP contribution in [-0.4, -0.2) is 21.1 Å². The molecule has 2 N–H and O–H groups in total. The van der Waals surface area contributed by atoms with Crippen molar-refractivity contribution in [2.75, 3.05) is 0 Å². The minimum Gasteiger partial charge on any atom is -0.344 e. The summed E-state index contributed by atoms with van der Waals surface area (Å²) in [7, 11) is 0. The summed E-state index contributed by atoms with van der Waals surface area (Å²) in [5.41, 5.74) is 2.52. The zero-order chi connectivity index (χ0) is 16.9. The third kappa shape index (κ3) is 3.48. The number of carbonyl (C=O) groups excluding carboxylic acids is 1. The van der Waals surface area contributed by atoms with Gasteiger partial charge < -0.3 is 5.32 Å². The van der Waals surface area contributed by atoms with Crippen molar-refractivity contribution in [1.82, 2.24) is 20.5 Å². The number of aromatic nitrogens is 3. The number of benzene rings is 1. The molecule has 24 heavy (non-hydrogen) atoms. The Morgan fingerprint density at radius 1 is 1.21 bits per heavy atom. The molecule has 0 saturated carbocycles. The van der Waals surface area contributed by atoms with Crippen molar-refractivity contribution in [2.24, 2.45) is 0 Å². The number of nitrogens with one attached hydrogen (secondary N) is 2. The van der Waals surface area contributed by atoms with Gasteiger partial charge in [-0.25, -0.2) is 4.39 Å². The van der Waals surface area contributed by atoms with Gasteiger partial charge in [-0.05, 0) is 42.3 Å². The third-order valence-corrected chi connectivity index (χ3v) is 3.74. The first-order chi connectivity index (χ1) is 11.7. The Balaban J connectivity index is 1.74. The number of amides is 1. The summed E-state index contributed by atoms with van der Waals surface area (Å²) in [6, 6.07) is 13.1. The normalized spacial score (nSPS) is 11.9. The van der Waals surface area contributed by atoms with Gasteiger partial charge in [-0.15, -0.1) is 0 Å². The number of H-pyrrole nitrogens is 1. The molecule has 1 unspecified atom stereocenters. The maximum absolute atomic E-state index is 13.0. The Hall–Kier alpha value is -3.02. The number of rotatable bonds is 5. The first-order valence-electron chi connectivity index (χ1n) is 7.70. The summed E-state index contributed by atoms with van der Waals surface area (Å²) in [6.07, 6.45) is 2.37. The number of aromatic amines is 1. The van der Waals surface area contributed by atoms with Crippen LogP contribution in [0.25, 0.3) is 11.4 Å². The molecular formula is C18H17FN4O. The van der Waals surface area contributed by atoms with E-state index in [0.29, 0.717) is 23.5 Å². The second kappa shape index (κ2) is 7.04. The van der Waals surface area contributed by atoms with E-state index in [4.69, 9.17) is 0 Å². The van der Waals surface area contributed by atoms with Crippen LogP contribution >= 0.6 is 0 Å². The van der Waals surface area contributed by atoms with Gasteiger partial charge in [0.1, 0.15) is 17.2 Å². The second-order valence-electron chi connectivity index (χ2n) is 5.37. The van der Waals surface area contributed by atoms with Crippen LogP contribution < -0.4 is 5.32 Å². The largest absolute Gasteiger partial charge is 0.344 e. The fourth-order valence-corrected chi connectivity index (χ4v) is 2.44. The Kier molecular flexibility index (Phi) is 4.65. The second-order valence-corrected chi connectivity index (χ2v) is 5.37. The van der Waals surface area contributed by atoms with Crippen LogP contribution in [0.2, 0.25) is 0 Å². The lowest BCUT2D eigenvalue weighted by Crippen LogP contribution is -2.28. The van der Waals surface area contributed by atoms with Crippen LogP contribution in [0.5, 0.6) is 0 Å². The van der Waals surface area contributed by atoms with Crippen molar-refractivity contribution in [3.05, 3.63) is 71.8 Å². The van der Waals surface area contributed by atoms with E-state index in [1.54, 1.807) is 24.4 Å². The lowest BCUT2D eigenvalue weighted by molar-refractivity contribution is 0.0930. The van der Waals surface area contributed by atoms with E-state index < -0.39 is 0 Å². The molecule has 0 aliphatic rings. The van der Waals surface area contributed by atoms with E-state index in [2.05, 4.69) is 20.5 Å². The predicted octanol–water partition coefficient (Wildman–Crippen LogP) is 3.49. The Morgan fingerprint density at radius 2 is 2.00 bits per heavy atom. The van der Waals surface area contributed by atoms with Gasteiger partial charge in [-0.2, -0.15) is 5.10 Å². The van der Waals surface area contributed by atoms with Crippen molar-refractivity contribution in [1.29, 1.82) is 0 Å². The number of hydrogen-bond donors (Lipinski definition) is 2. The average Bonchev–Trinajstić information content (AvgIpc) is 3.11. The fraction of sp³-hybridized carbons (Fsp3) is 0.167. The highest BCUT2D eigenvalue weighted by Gasteiger charge is 2.16. The highest BCUT2D eigenvalue weighted by Crippen LogP contribution is 2.19. The minimum absolute atomic E-state index is 0.195. The molecule has 3 rings (SSSR count). The number of carbonyl (C=O) groups is 1. The number of halogens is 1. The molecule has 0 fully saturated rings. The van der Waals surface area contributed by atoms with Crippen molar-refractivity contribution >= 4 is 5.91 Å². The van der Waals surface area contributed by atoms with Crippen LogP contribution in [0.15, 0.2) is 54.7 Å². The molecule has 0 aliphatic carbocycles. The standard InChI is InChI=1S/C18H17FN4O/c1-2-14(12-6-8-13(19)9-7-12)21-18(24)17-11-16(22-23-17)15-5-3-4-10-20-15/h3-11,14H,2H2,1H3,(H,21,24)(H,22,23). The molecule has 1 atom stereocenters. The Labute approximate surface area is 138 Å². The summed E-state index contributed by atoms with van der Waals surface area (Å²) >= 11 is 0. The van der Waals surface area contributed by atoms with Crippen LogP contribution in [0, 0.1) is 5.82 Å². The summed E-state index contributed by atoms with van der Waals surface area (Å²) in [4.78, 5) is 16.6. The molecule has 3 aromatic rings. The van der Waals surface area contributed by atoms with E-state index in [1.165, 1.54) is 12.1 Å². The number of hydrogen-bond acceptors (Lipinski definition) is 3. The van der Waals surface area contributed by atoms with E-state index >= 15 is 0 Å². The van der Waals surface area contributed by atoms with E-state index in [-0.39, 0.29) is 17.8 Å². The van der Waals surface area contributed by atoms with Crippen molar-refractivity contribution in [3.63, 3.8) is 0 Å². The summed E-state index contributed by atoms with van der Waals surface area (Å²) in [5, 5.41) is 9.79. The Morgan fingerprint density at radius 3 is 2.67 bits per heavy atom. The highest BCUT2D eigenvalue weighted by molar-refractivity contribution is 5.93. The lowest BCUT2D eigenvalue weighted by atomic mass is 10.0. The smallest absolute Gasteiger partial charge is 0.269 e. The molecule has 0 radical (unpaired) electrons. The predicted molar refractivity (Wildman–Crippen MR) is 88.7 cm³/mol. The van der Waals surface area contributed by atoms with Gasteiger partial charge in [0.15, 0.2) is 0 Å². The van der Waals surface area contributed by atoms with E-state index in [1.807, 2.05) is 25.1 Å². The molecule has 0 aliphatic heterocycles. The van der Waals surface area contributed by atoms with E-state index in [0.717, 1.165) is 5.56 Å². The number of pyridine rings is 1. The van der Waals surface area contributed by atoms with E-state index in [9.17, 15) is 9.18 Å². The SMILES string of the molecule is CCC(NC(=O)c1cc(-c2ccccn2)n[nH]1)c1ccc(F)cc1. The molecule has 6 heteroatoms. The summed E-state index contributed by atoms with van der Waals surface area (Å²) in [6.45, 7) is 1.96. The zero-order valence-electron chi connectivity index (χ0n) is 13.2. The molecule has 122 valence electrons. The first kappa shape index (κ1) is 15.9. The van der Waals surface area contributed by atoms with Crippen molar-refractivity contribution in [2.45, 2.75) is 19.4 Å². The molecular weight excluding hydrogens is 307 g/mol. The molecule has 5 nitrogen and oxygen atoms in total. The molecule has 2 heterocycles. The van der Waals surface area contributed by atoms with Gasteiger partial charge in [0.2, 0.25) is 0 Å². The molecule has 1 aromatic carbocycles. The van der Waals surface area contributed by atoms with Gasteiger partial charge in [0.05, 0.1) is 11.7 Å². The topological polar surface area (TPSA) is 70.7 Å². The van der Waals surface area contributed by atoms with Gasteiger partial charge in [0, 0.05) is 6.20 Å². The number of nitrogens with zero attached hydrogens (tertiary/aromatic N) is 2. The van der Waals surface area contributed by atoms with Crippen LogP contribution in [-0.2, 0) is 0 Å². The van der Waals surface area contributed by atoms with Gasteiger partial charge in [-0.3, -0.25) is 14.9 Å². The minimum atomic E-state index is -0.298. The Bertz CT molecular complexity index is 815. The van der Waals surface area contributed by atoms with Gasteiger partial charge >= 0.3 is 0 Å². The van der Waals surface area contributed by atoms with Crippen molar-refractivity contribution in [3.8, 4) is 11.4 Å². The maximum atomic E-state index is 13.0. The molecule has 2 aromatic heterocycles. The quantitative estimate of drug-likeness (QED) is 0.754. The van der Waals surface area contributed by atoms with Gasteiger partial charge in [0.25, 0.3) is 5.91 Å². The summed E-state index contributed by atoms with van der Waals surface area (Å²) < 4.78 is 13.0. The molecule has 0 spiro atoms. The lowest BCUT2D eigenvalue weighted by Gasteiger charge is -2.16. The zero-order valence-corrected chi connectivity index (χ0v) is 13.2. The van der Waals surface area contributed by atoms with Crippen LogP contribution in [0.3, 0.4) is 0 Å². The summed E-state index contributed by atoms with van der Waals surface area (Å²) in [5.74, 6) is -0.561. The molecule has 1 amide bonds. The maximum Gasteiger partial charge on any atom is 0.269 e.